The van der Waals surface area contributed by atoms with Crippen molar-refractivity contribution in [3.05, 3.63) is 372 Å². The first-order valence-corrected chi connectivity index (χ1v) is 33.8. The second-order valence-corrected chi connectivity index (χ2v) is 25.1. The molecule has 0 aliphatic rings. The molecule has 0 amide bonds. The number of ether oxygens (including phenoxy) is 4. The van der Waals surface area contributed by atoms with Crippen molar-refractivity contribution in [1.82, 2.24) is 0 Å². The third kappa shape index (κ3) is 20.0. The number of hydrogen-bond acceptors (Lipinski definition) is 16. The first-order valence-electron chi connectivity index (χ1n) is 29.5. The van der Waals surface area contributed by atoms with E-state index in [1.807, 2.05) is 46.5 Å². The molecule has 0 atom stereocenters. The number of hydrogen-bond donors (Lipinski definition) is 0. The number of carbonyl (C=O) groups is 8. The van der Waals surface area contributed by atoms with Gasteiger partial charge in [0.05, 0.1) is 48.4 Å². The van der Waals surface area contributed by atoms with Crippen molar-refractivity contribution in [2.45, 2.75) is 26.2 Å². The lowest BCUT2D eigenvalue weighted by Crippen LogP contribution is -2.13. The fraction of sp³-hybridized carbons (Fsp3) is 0.0649. The molecule has 12 rings (SSSR count). The summed E-state index contributed by atoms with van der Waals surface area (Å²) in [7, 11) is 0. The average Bonchev–Trinajstić information content (AvgIpc) is 1.73. The van der Waals surface area contributed by atoms with Crippen LogP contribution < -0.4 is 0 Å². The Morgan fingerprint density at radius 2 is 0.660 bits per heavy atom. The number of thiophene rings is 4. The molecule has 0 N–H and O–H groups in total. The minimum absolute atomic E-state index is 0.0145. The predicted molar refractivity (Wildman–Crippen MR) is 371 cm³/mol. The van der Waals surface area contributed by atoms with Crippen molar-refractivity contribution < 1.29 is 70.5 Å². The number of esters is 4. The van der Waals surface area contributed by atoms with E-state index in [-0.39, 0.29) is 94.6 Å². The minimum atomic E-state index is -0.654. The topological polar surface area (TPSA) is 173 Å². The van der Waals surface area contributed by atoms with Crippen molar-refractivity contribution in [1.29, 1.82) is 0 Å². The molecule has 0 spiro atoms. The molecule has 12 nitrogen and oxygen atoms in total. The fourth-order valence-corrected chi connectivity index (χ4v) is 12.2. The lowest BCUT2D eigenvalue weighted by molar-refractivity contribution is 0.0459. The maximum absolute atomic E-state index is 13.6. The summed E-state index contributed by atoms with van der Waals surface area (Å²) in [5.41, 5.74) is 4.75. The summed E-state index contributed by atoms with van der Waals surface area (Å²) in [6, 6.07) is 65.9. The van der Waals surface area contributed by atoms with E-state index in [1.54, 1.807) is 181 Å². The fourth-order valence-electron chi connectivity index (χ4n) is 9.11. The van der Waals surface area contributed by atoms with Crippen LogP contribution in [0.3, 0.4) is 0 Å². The molecule has 486 valence electrons. The standard InChI is InChI=1S/C20H15FO3S.C19H13BrO3S.2C19H13FO3S/c21-15-6-3-5-14(13-15)10-11-24-20(23)17-8-2-1-7-16(17)19(22)18-9-4-12-25-18;2*20-16-9-4-1-6-13(16)12-23-19(22)15-8-3-2-7-14(15)18(21)17-10-5-11-24-17;20-14-9-7-13(8-10-14)12-23-19(22)16-5-2-1-4-15(16)18(21)17-6-3-11-24-17/h1-9,12-13H,10-11H2;3*1-11H,12H2. The first kappa shape index (κ1) is 70.7. The van der Waals surface area contributed by atoms with E-state index in [4.69, 9.17) is 18.9 Å². The largest absolute Gasteiger partial charge is 0.462 e. The molecule has 97 heavy (non-hydrogen) atoms. The lowest BCUT2D eigenvalue weighted by atomic mass is 10.0. The molecule has 8 aromatic carbocycles. The van der Waals surface area contributed by atoms with E-state index in [1.165, 1.54) is 81.7 Å². The highest BCUT2D eigenvalue weighted by Crippen LogP contribution is 2.25. The summed E-state index contributed by atoms with van der Waals surface area (Å²) in [6.07, 6.45) is 0.407. The zero-order valence-corrected chi connectivity index (χ0v) is 55.8. The van der Waals surface area contributed by atoms with Crippen molar-refractivity contribution in [2.75, 3.05) is 6.61 Å². The molecular formula is C77H54BrF3O12S4. The molecule has 0 bridgehead atoms. The molecule has 0 fully saturated rings. The van der Waals surface area contributed by atoms with Crippen LogP contribution in [0.5, 0.6) is 0 Å². The van der Waals surface area contributed by atoms with Gasteiger partial charge in [-0.3, -0.25) is 19.2 Å². The zero-order valence-electron chi connectivity index (χ0n) is 51.0. The maximum Gasteiger partial charge on any atom is 0.339 e. The quantitative estimate of drug-likeness (QED) is 0.0379. The summed E-state index contributed by atoms with van der Waals surface area (Å²) in [6.45, 7) is 0.0826. The van der Waals surface area contributed by atoms with E-state index >= 15 is 0 Å². The van der Waals surface area contributed by atoms with Crippen LogP contribution in [-0.4, -0.2) is 53.6 Å². The van der Waals surface area contributed by atoms with Gasteiger partial charge in [0, 0.05) is 44.3 Å². The van der Waals surface area contributed by atoms with Crippen LogP contribution in [0.1, 0.15) is 125 Å². The molecule has 12 aromatic rings. The molecule has 20 heteroatoms. The van der Waals surface area contributed by atoms with Gasteiger partial charge in [0.25, 0.3) is 0 Å². The van der Waals surface area contributed by atoms with E-state index < -0.39 is 29.7 Å². The van der Waals surface area contributed by atoms with Gasteiger partial charge in [-0.1, -0.05) is 174 Å². The van der Waals surface area contributed by atoms with Crippen LogP contribution >= 0.6 is 61.3 Å². The molecule has 0 aliphatic heterocycles. The lowest BCUT2D eigenvalue weighted by Gasteiger charge is -2.09. The summed E-state index contributed by atoms with van der Waals surface area (Å²) in [5, 5.41) is 7.25. The zero-order chi connectivity index (χ0) is 68.5. The molecule has 0 radical (unpaired) electrons. The van der Waals surface area contributed by atoms with Crippen molar-refractivity contribution in [2.24, 2.45) is 0 Å². The number of carbonyl (C=O) groups excluding carboxylic acids is 8. The van der Waals surface area contributed by atoms with Crippen LogP contribution in [-0.2, 0) is 45.2 Å². The van der Waals surface area contributed by atoms with Crippen molar-refractivity contribution >= 4 is 108 Å². The van der Waals surface area contributed by atoms with Crippen LogP contribution in [0.25, 0.3) is 0 Å². The third-order valence-corrected chi connectivity index (χ3v) is 18.2. The second kappa shape index (κ2) is 35.8. The van der Waals surface area contributed by atoms with Gasteiger partial charge in [-0.05, 0) is 118 Å². The summed E-state index contributed by atoms with van der Waals surface area (Å²) in [4.78, 5) is 102. The van der Waals surface area contributed by atoms with Gasteiger partial charge >= 0.3 is 23.9 Å². The van der Waals surface area contributed by atoms with Gasteiger partial charge in [0.2, 0.25) is 23.1 Å². The van der Waals surface area contributed by atoms with E-state index in [2.05, 4.69) is 15.9 Å². The Balaban J connectivity index is 0.000000152. The molecule has 0 aliphatic carbocycles. The minimum Gasteiger partial charge on any atom is -0.462 e. The highest BCUT2D eigenvalue weighted by atomic mass is 79.9. The average molecular weight is 1440 g/mol. The van der Waals surface area contributed by atoms with E-state index in [9.17, 15) is 51.5 Å². The molecular weight excluding hydrogens is 1380 g/mol. The maximum atomic E-state index is 13.6. The second-order valence-electron chi connectivity index (χ2n) is 20.5. The van der Waals surface area contributed by atoms with Crippen LogP contribution in [0, 0.1) is 17.5 Å². The molecule has 4 heterocycles. The highest BCUT2D eigenvalue weighted by molar-refractivity contribution is 9.10. The smallest absolute Gasteiger partial charge is 0.339 e. The molecule has 4 aromatic heterocycles. The molecule has 0 saturated carbocycles. The Hall–Kier alpha value is -10.6. The summed E-state index contributed by atoms with van der Waals surface area (Å²) < 4.78 is 61.6. The van der Waals surface area contributed by atoms with E-state index in [0.29, 0.717) is 48.2 Å². The number of benzene rings is 8. The number of halogens is 4. The Morgan fingerprint density at radius 1 is 0.309 bits per heavy atom. The van der Waals surface area contributed by atoms with Crippen LogP contribution in [0.4, 0.5) is 13.2 Å². The Morgan fingerprint density at radius 3 is 1.04 bits per heavy atom. The third-order valence-electron chi connectivity index (χ3n) is 14.0. The number of rotatable bonds is 21. The Bertz CT molecular complexity index is 4520. The van der Waals surface area contributed by atoms with Gasteiger partial charge < -0.3 is 18.9 Å². The van der Waals surface area contributed by atoms with Gasteiger partial charge in [-0.2, -0.15) is 0 Å². The number of ketones is 4. The van der Waals surface area contributed by atoms with Crippen LogP contribution in [0.2, 0.25) is 0 Å². The normalized spacial score (nSPS) is 10.4. The SMILES string of the molecule is O=C(OCCc1cccc(F)c1)c1ccccc1C(=O)c1cccs1.O=C(OCc1ccc(F)cc1)c1ccccc1C(=O)c1cccs1.O=C(OCc1ccccc1Br)c1ccccc1C(=O)c1cccs1.O=C(OCc1ccccc1F)c1ccccc1C(=O)c1cccs1. The van der Waals surface area contributed by atoms with Crippen molar-refractivity contribution in [3.63, 3.8) is 0 Å². The predicted octanol–water partition coefficient (Wildman–Crippen LogP) is 18.6. The van der Waals surface area contributed by atoms with Gasteiger partial charge in [0.15, 0.2) is 0 Å². The van der Waals surface area contributed by atoms with Gasteiger partial charge in [-0.25, -0.2) is 32.3 Å². The highest BCUT2D eigenvalue weighted by Gasteiger charge is 2.24. The van der Waals surface area contributed by atoms with E-state index in [0.717, 1.165) is 15.6 Å². The Kier molecular flexibility index (Phi) is 26.1. The van der Waals surface area contributed by atoms with Gasteiger partial charge in [0.1, 0.15) is 37.3 Å². The Labute approximate surface area is 579 Å². The van der Waals surface area contributed by atoms with Gasteiger partial charge in [-0.15, -0.1) is 45.3 Å². The summed E-state index contributed by atoms with van der Waals surface area (Å²) in [5.74, 6) is -4.23. The molecule has 0 unspecified atom stereocenters. The van der Waals surface area contributed by atoms with Crippen LogP contribution in [0.15, 0.2) is 269 Å². The molecule has 0 saturated heterocycles. The van der Waals surface area contributed by atoms with Crippen molar-refractivity contribution in [3.8, 4) is 0 Å². The first-order chi connectivity index (χ1) is 47.1. The monoisotopic (exact) mass is 1430 g/mol. The summed E-state index contributed by atoms with van der Waals surface area (Å²) >= 11 is 8.73.